The van der Waals surface area contributed by atoms with Gasteiger partial charge in [-0.2, -0.15) is 0 Å². The highest BCUT2D eigenvalue weighted by Crippen LogP contribution is 2.57. The highest BCUT2D eigenvalue weighted by atomic mass is 14.9. The highest BCUT2D eigenvalue weighted by Gasteiger charge is 2.50. The molecule has 3 aliphatic rings. The first-order chi connectivity index (χ1) is 5.39. The molecule has 11 heavy (non-hydrogen) atoms. The van der Waals surface area contributed by atoms with Gasteiger partial charge in [-0.05, 0) is 55.9 Å². The Morgan fingerprint density at radius 2 is 2.09 bits per heavy atom. The number of fused-ring (bicyclic) bond motifs is 2. The molecule has 0 radical (unpaired) electrons. The first-order valence-electron chi connectivity index (χ1n) is 5.10. The fraction of sp³-hybridized carbons (Fsp3) is 1.00. The smallest absolute Gasteiger partial charge is 0.00107 e. The molecule has 1 heteroatoms. The van der Waals surface area contributed by atoms with Crippen LogP contribution in [0.3, 0.4) is 0 Å². The molecule has 0 aromatic carbocycles. The summed E-state index contributed by atoms with van der Waals surface area (Å²) in [6.07, 6.45) is 7.69. The Kier molecular flexibility index (Phi) is 1.18. The lowest BCUT2D eigenvalue weighted by molar-refractivity contribution is 0.195. The van der Waals surface area contributed by atoms with Gasteiger partial charge in [-0.15, -0.1) is 0 Å². The summed E-state index contributed by atoms with van der Waals surface area (Å²) in [5, 5.41) is 3.61. The van der Waals surface area contributed by atoms with E-state index in [9.17, 15) is 0 Å². The zero-order valence-electron chi connectivity index (χ0n) is 7.10. The van der Waals surface area contributed by atoms with E-state index in [1.165, 1.54) is 38.8 Å². The summed E-state index contributed by atoms with van der Waals surface area (Å²) in [5.74, 6) is 2.17. The molecule has 0 aromatic rings. The van der Waals surface area contributed by atoms with Gasteiger partial charge in [0.15, 0.2) is 0 Å². The van der Waals surface area contributed by atoms with Crippen molar-refractivity contribution in [2.24, 2.45) is 17.3 Å². The van der Waals surface area contributed by atoms with Gasteiger partial charge in [0.05, 0.1) is 0 Å². The molecule has 2 bridgehead atoms. The molecule has 2 unspecified atom stereocenters. The molecule has 3 fully saturated rings. The molecule has 1 nitrogen and oxygen atoms in total. The third-order valence-corrected chi connectivity index (χ3v) is 4.10. The average Bonchev–Trinajstić information content (AvgIpc) is 2.81. The van der Waals surface area contributed by atoms with E-state index in [1.54, 1.807) is 6.42 Å². The van der Waals surface area contributed by atoms with Gasteiger partial charge >= 0.3 is 0 Å². The van der Waals surface area contributed by atoms with Crippen molar-refractivity contribution in [2.45, 2.75) is 32.1 Å². The van der Waals surface area contributed by atoms with Crippen molar-refractivity contribution >= 4 is 0 Å². The van der Waals surface area contributed by atoms with Crippen molar-refractivity contribution in [1.29, 1.82) is 0 Å². The minimum absolute atomic E-state index is 0.795. The van der Waals surface area contributed by atoms with Gasteiger partial charge in [-0.3, -0.25) is 0 Å². The number of piperidine rings is 1. The van der Waals surface area contributed by atoms with Crippen molar-refractivity contribution in [3.63, 3.8) is 0 Å². The van der Waals surface area contributed by atoms with Gasteiger partial charge in [0.2, 0.25) is 0 Å². The predicted molar refractivity (Wildman–Crippen MR) is 45.4 cm³/mol. The fourth-order valence-corrected chi connectivity index (χ4v) is 3.34. The van der Waals surface area contributed by atoms with Crippen LogP contribution in [-0.2, 0) is 0 Å². The molecule has 3 rings (SSSR count). The zero-order chi connectivity index (χ0) is 7.31. The fourth-order valence-electron chi connectivity index (χ4n) is 3.34. The Morgan fingerprint density at radius 3 is 2.91 bits per heavy atom. The third-order valence-electron chi connectivity index (χ3n) is 4.10. The van der Waals surface area contributed by atoms with Gasteiger partial charge in [-0.1, -0.05) is 0 Å². The maximum Gasteiger partial charge on any atom is 0.00107 e. The number of nitrogens with one attached hydrogen (secondary N) is 1. The highest BCUT2D eigenvalue weighted by molar-refractivity contribution is 5.03. The van der Waals surface area contributed by atoms with E-state index >= 15 is 0 Å². The molecule has 1 N–H and O–H groups in total. The van der Waals surface area contributed by atoms with Gasteiger partial charge in [-0.25, -0.2) is 0 Å². The van der Waals surface area contributed by atoms with Crippen LogP contribution < -0.4 is 5.32 Å². The van der Waals surface area contributed by atoms with E-state index in [2.05, 4.69) is 5.32 Å². The summed E-state index contributed by atoms with van der Waals surface area (Å²) in [6.45, 7) is 2.66. The van der Waals surface area contributed by atoms with E-state index < -0.39 is 0 Å². The second-order valence-electron chi connectivity index (χ2n) is 4.88. The normalized spacial score (nSPS) is 49.6. The van der Waals surface area contributed by atoms with Crippen molar-refractivity contribution in [1.82, 2.24) is 5.32 Å². The lowest BCUT2D eigenvalue weighted by atomic mass is 9.78. The van der Waals surface area contributed by atoms with Crippen LogP contribution in [-0.4, -0.2) is 13.1 Å². The maximum absolute atomic E-state index is 3.61. The van der Waals surface area contributed by atoms with Crippen LogP contribution in [0.5, 0.6) is 0 Å². The number of hydrogen-bond acceptors (Lipinski definition) is 1. The van der Waals surface area contributed by atoms with Crippen molar-refractivity contribution < 1.29 is 0 Å². The molecule has 0 spiro atoms. The van der Waals surface area contributed by atoms with E-state index in [-0.39, 0.29) is 0 Å². The second kappa shape index (κ2) is 2.01. The first kappa shape index (κ1) is 6.47. The molecule has 1 aliphatic heterocycles. The van der Waals surface area contributed by atoms with Crippen LogP contribution in [0.1, 0.15) is 32.1 Å². The van der Waals surface area contributed by atoms with Gasteiger partial charge in [0.1, 0.15) is 0 Å². The topological polar surface area (TPSA) is 12.0 Å². The standard InChI is InChI=1S/C10H17N/c1-2-9(1)10-4-3-8(5-10)6-11-7-10/h8-9,11H,1-7H2. The quantitative estimate of drug-likeness (QED) is 0.602. The Labute approximate surface area is 68.6 Å². The molecule has 2 saturated carbocycles. The molecular formula is C10H17N. The molecule has 2 aliphatic carbocycles. The molecule has 1 heterocycles. The van der Waals surface area contributed by atoms with E-state index in [0.717, 1.165) is 17.3 Å². The van der Waals surface area contributed by atoms with Crippen LogP contribution in [0, 0.1) is 17.3 Å². The zero-order valence-corrected chi connectivity index (χ0v) is 7.10. The Hall–Kier alpha value is -0.0400. The summed E-state index contributed by atoms with van der Waals surface area (Å²) < 4.78 is 0. The number of hydrogen-bond donors (Lipinski definition) is 1. The van der Waals surface area contributed by atoms with E-state index in [4.69, 9.17) is 0 Å². The van der Waals surface area contributed by atoms with Gasteiger partial charge in [0.25, 0.3) is 0 Å². The molecule has 62 valence electrons. The monoisotopic (exact) mass is 151 g/mol. The molecule has 0 aromatic heterocycles. The summed E-state index contributed by atoms with van der Waals surface area (Å²) in [6, 6.07) is 0. The Bertz CT molecular complexity index is 170. The van der Waals surface area contributed by atoms with Crippen molar-refractivity contribution in [3.05, 3.63) is 0 Å². The molecular weight excluding hydrogens is 134 g/mol. The maximum atomic E-state index is 3.61. The summed E-state index contributed by atoms with van der Waals surface area (Å²) >= 11 is 0. The van der Waals surface area contributed by atoms with E-state index in [1.807, 2.05) is 0 Å². The lowest BCUT2D eigenvalue weighted by Crippen LogP contribution is -2.40. The minimum Gasteiger partial charge on any atom is -0.316 e. The summed E-state index contributed by atoms with van der Waals surface area (Å²) in [4.78, 5) is 0. The van der Waals surface area contributed by atoms with Crippen molar-refractivity contribution in [3.8, 4) is 0 Å². The van der Waals surface area contributed by atoms with E-state index in [0.29, 0.717) is 0 Å². The SMILES string of the molecule is C1CC2(C3CC3)CNCC1C2. The first-order valence-corrected chi connectivity index (χ1v) is 5.10. The molecule has 0 amide bonds. The minimum atomic E-state index is 0.795. The van der Waals surface area contributed by atoms with Gasteiger partial charge in [0, 0.05) is 6.54 Å². The van der Waals surface area contributed by atoms with Crippen LogP contribution in [0.15, 0.2) is 0 Å². The van der Waals surface area contributed by atoms with Crippen LogP contribution in [0.4, 0.5) is 0 Å². The van der Waals surface area contributed by atoms with Crippen LogP contribution in [0.2, 0.25) is 0 Å². The van der Waals surface area contributed by atoms with Crippen LogP contribution in [0.25, 0.3) is 0 Å². The summed E-state index contributed by atoms with van der Waals surface area (Å²) in [7, 11) is 0. The Morgan fingerprint density at radius 1 is 1.18 bits per heavy atom. The lowest BCUT2D eigenvalue weighted by Gasteiger charge is -2.34. The molecule has 1 saturated heterocycles. The Balaban J connectivity index is 1.84. The third kappa shape index (κ3) is 0.868. The van der Waals surface area contributed by atoms with Crippen molar-refractivity contribution in [2.75, 3.05) is 13.1 Å². The second-order valence-corrected chi connectivity index (χ2v) is 4.88. The van der Waals surface area contributed by atoms with Crippen LogP contribution >= 0.6 is 0 Å². The molecule has 2 atom stereocenters. The summed E-state index contributed by atoms with van der Waals surface area (Å²) in [5.41, 5.74) is 0.795. The predicted octanol–water partition coefficient (Wildman–Crippen LogP) is 1.79. The largest absolute Gasteiger partial charge is 0.316 e. The number of rotatable bonds is 1. The average molecular weight is 151 g/mol. The van der Waals surface area contributed by atoms with Gasteiger partial charge < -0.3 is 5.32 Å².